The minimum atomic E-state index is -0.915. The van der Waals surface area contributed by atoms with E-state index in [2.05, 4.69) is 20.8 Å². The number of hydrogen-bond acceptors (Lipinski definition) is 4. The predicted molar refractivity (Wildman–Crippen MR) is 71.9 cm³/mol. The van der Waals surface area contributed by atoms with E-state index in [1.807, 2.05) is 0 Å². The van der Waals surface area contributed by atoms with Gasteiger partial charge in [-0.1, -0.05) is 13.8 Å². The average molecular weight is 283 g/mol. The van der Waals surface area contributed by atoms with Crippen LogP contribution in [-0.4, -0.2) is 38.4 Å². The molecular formula is C12H21N5O3. The summed E-state index contributed by atoms with van der Waals surface area (Å²) in [6.07, 6.45) is 2.46. The first-order chi connectivity index (χ1) is 9.45. The lowest BCUT2D eigenvalue weighted by atomic mass is 9.82. The van der Waals surface area contributed by atoms with Crippen LogP contribution in [-0.2, 0) is 18.4 Å². The minimum Gasteiger partial charge on any atom is -0.481 e. The number of aliphatic carboxylic acids is 1. The van der Waals surface area contributed by atoms with E-state index in [0.29, 0.717) is 18.7 Å². The van der Waals surface area contributed by atoms with Crippen LogP contribution in [0.25, 0.3) is 0 Å². The third-order valence-electron chi connectivity index (χ3n) is 3.61. The molecule has 0 fully saturated rings. The van der Waals surface area contributed by atoms with Gasteiger partial charge in [-0.3, -0.25) is 4.79 Å². The Hall–Kier alpha value is -2.12. The van der Waals surface area contributed by atoms with Gasteiger partial charge in [-0.2, -0.15) is 0 Å². The molecule has 8 nitrogen and oxygen atoms in total. The van der Waals surface area contributed by atoms with Crippen LogP contribution in [0.1, 0.15) is 32.5 Å². The zero-order valence-corrected chi connectivity index (χ0v) is 12.0. The number of carbonyl (C=O) groups is 2. The van der Waals surface area contributed by atoms with Crippen molar-refractivity contribution in [2.45, 2.75) is 33.2 Å². The second-order valence-corrected chi connectivity index (χ2v) is 4.69. The van der Waals surface area contributed by atoms with Crippen molar-refractivity contribution in [1.82, 2.24) is 25.4 Å². The number of carbonyl (C=O) groups excluding carboxylic acids is 1. The lowest BCUT2D eigenvalue weighted by Crippen LogP contribution is -2.45. The monoisotopic (exact) mass is 283 g/mol. The summed E-state index contributed by atoms with van der Waals surface area (Å²) in [7, 11) is 1.78. The van der Waals surface area contributed by atoms with Crippen LogP contribution in [0.15, 0.2) is 6.33 Å². The van der Waals surface area contributed by atoms with Gasteiger partial charge in [0.2, 0.25) is 0 Å². The van der Waals surface area contributed by atoms with Crippen molar-refractivity contribution in [3.63, 3.8) is 0 Å². The van der Waals surface area contributed by atoms with Gasteiger partial charge in [0.1, 0.15) is 6.33 Å². The second-order valence-electron chi connectivity index (χ2n) is 4.69. The van der Waals surface area contributed by atoms with E-state index in [4.69, 9.17) is 0 Å². The Morgan fingerprint density at radius 2 is 2.00 bits per heavy atom. The van der Waals surface area contributed by atoms with Crippen LogP contribution < -0.4 is 10.6 Å². The molecular weight excluding hydrogens is 262 g/mol. The molecule has 112 valence electrons. The summed E-state index contributed by atoms with van der Waals surface area (Å²) in [5.41, 5.74) is -0.915. The zero-order valence-electron chi connectivity index (χ0n) is 12.0. The van der Waals surface area contributed by atoms with Gasteiger partial charge >= 0.3 is 12.0 Å². The van der Waals surface area contributed by atoms with E-state index in [1.54, 1.807) is 31.8 Å². The standard InChI is InChI=1S/C12H21N5O3/c1-4-12(5-2,10(18)19)7-14-11(20)13-6-9-16-15-8-17(9)3/h8H,4-7H2,1-3H3,(H,18,19)(H2,13,14,20). The van der Waals surface area contributed by atoms with Gasteiger partial charge in [0, 0.05) is 13.6 Å². The number of amides is 2. The molecule has 1 aromatic rings. The SMILES string of the molecule is CCC(CC)(CNC(=O)NCc1nncn1C)C(=O)O. The van der Waals surface area contributed by atoms with E-state index in [-0.39, 0.29) is 13.1 Å². The van der Waals surface area contributed by atoms with Gasteiger partial charge in [0.25, 0.3) is 0 Å². The quantitative estimate of drug-likeness (QED) is 0.675. The van der Waals surface area contributed by atoms with Crippen LogP contribution in [0.3, 0.4) is 0 Å². The second kappa shape index (κ2) is 6.88. The van der Waals surface area contributed by atoms with Gasteiger partial charge < -0.3 is 20.3 Å². The van der Waals surface area contributed by atoms with E-state index < -0.39 is 17.4 Å². The molecule has 0 spiro atoms. The molecule has 0 aliphatic carbocycles. The van der Waals surface area contributed by atoms with Gasteiger partial charge in [-0.05, 0) is 12.8 Å². The highest BCUT2D eigenvalue weighted by Crippen LogP contribution is 2.25. The number of nitrogens with zero attached hydrogens (tertiary/aromatic N) is 3. The summed E-state index contributed by atoms with van der Waals surface area (Å²) in [5.74, 6) is -0.272. The van der Waals surface area contributed by atoms with Crippen molar-refractivity contribution in [3.8, 4) is 0 Å². The number of carboxylic acid groups (broad SMARTS) is 1. The van der Waals surface area contributed by atoms with Crippen molar-refractivity contribution < 1.29 is 14.7 Å². The lowest BCUT2D eigenvalue weighted by Gasteiger charge is -2.26. The van der Waals surface area contributed by atoms with Crippen LogP contribution in [0.4, 0.5) is 4.79 Å². The number of carboxylic acids is 1. The predicted octanol–water partition coefficient (Wildman–Crippen LogP) is 0.505. The first kappa shape index (κ1) is 15.9. The highest BCUT2D eigenvalue weighted by atomic mass is 16.4. The van der Waals surface area contributed by atoms with E-state index in [9.17, 15) is 14.7 Å². The molecule has 0 radical (unpaired) electrons. The number of aryl methyl sites for hydroxylation is 1. The van der Waals surface area contributed by atoms with Crippen LogP contribution in [0.5, 0.6) is 0 Å². The highest BCUT2D eigenvalue weighted by Gasteiger charge is 2.35. The normalized spacial score (nSPS) is 11.2. The molecule has 0 saturated carbocycles. The van der Waals surface area contributed by atoms with Gasteiger partial charge in [-0.15, -0.1) is 10.2 Å². The molecule has 0 saturated heterocycles. The maximum absolute atomic E-state index is 11.7. The fourth-order valence-electron chi connectivity index (χ4n) is 1.82. The van der Waals surface area contributed by atoms with Crippen LogP contribution in [0, 0.1) is 5.41 Å². The average Bonchev–Trinajstić information content (AvgIpc) is 2.83. The fraction of sp³-hybridized carbons (Fsp3) is 0.667. The first-order valence-electron chi connectivity index (χ1n) is 6.53. The smallest absolute Gasteiger partial charge is 0.315 e. The summed E-state index contributed by atoms with van der Waals surface area (Å²) in [5, 5.41) is 22.0. The van der Waals surface area contributed by atoms with Crippen molar-refractivity contribution in [2.24, 2.45) is 12.5 Å². The molecule has 0 atom stereocenters. The molecule has 0 bridgehead atoms. The van der Waals surface area contributed by atoms with Crippen LogP contribution >= 0.6 is 0 Å². The molecule has 1 aromatic heterocycles. The third kappa shape index (κ3) is 3.69. The Morgan fingerprint density at radius 1 is 1.35 bits per heavy atom. The Bertz CT molecular complexity index is 467. The van der Waals surface area contributed by atoms with Crippen molar-refractivity contribution in [2.75, 3.05) is 6.54 Å². The number of rotatable bonds is 7. The molecule has 1 heterocycles. The molecule has 0 aromatic carbocycles. The summed E-state index contributed by atoms with van der Waals surface area (Å²) in [6, 6.07) is -0.416. The summed E-state index contributed by atoms with van der Waals surface area (Å²) >= 11 is 0. The minimum absolute atomic E-state index is 0.0972. The molecule has 0 aliphatic rings. The van der Waals surface area contributed by atoms with Gasteiger partial charge in [0.05, 0.1) is 12.0 Å². The number of nitrogens with one attached hydrogen (secondary N) is 2. The fourth-order valence-corrected chi connectivity index (χ4v) is 1.82. The number of hydrogen-bond donors (Lipinski definition) is 3. The van der Waals surface area contributed by atoms with E-state index >= 15 is 0 Å². The Labute approximate surface area is 117 Å². The highest BCUT2D eigenvalue weighted by molar-refractivity contribution is 5.78. The molecule has 2 amide bonds. The Balaban J connectivity index is 2.46. The number of urea groups is 1. The molecule has 8 heteroatoms. The first-order valence-corrected chi connectivity index (χ1v) is 6.53. The molecule has 0 aliphatic heterocycles. The molecule has 20 heavy (non-hydrogen) atoms. The molecule has 0 unspecified atom stereocenters. The zero-order chi connectivity index (χ0) is 15.2. The van der Waals surface area contributed by atoms with Crippen molar-refractivity contribution in [1.29, 1.82) is 0 Å². The number of aromatic nitrogens is 3. The lowest BCUT2D eigenvalue weighted by molar-refractivity contribution is -0.149. The maximum Gasteiger partial charge on any atom is 0.315 e. The topological polar surface area (TPSA) is 109 Å². The van der Waals surface area contributed by atoms with Crippen molar-refractivity contribution >= 4 is 12.0 Å². The largest absolute Gasteiger partial charge is 0.481 e. The molecule has 3 N–H and O–H groups in total. The van der Waals surface area contributed by atoms with E-state index in [1.165, 1.54) is 0 Å². The van der Waals surface area contributed by atoms with Crippen molar-refractivity contribution in [3.05, 3.63) is 12.2 Å². The van der Waals surface area contributed by atoms with Gasteiger partial charge in [-0.25, -0.2) is 4.79 Å². The Kier molecular flexibility index (Phi) is 5.48. The van der Waals surface area contributed by atoms with Gasteiger partial charge in [0.15, 0.2) is 5.82 Å². The Morgan fingerprint density at radius 3 is 2.45 bits per heavy atom. The third-order valence-corrected chi connectivity index (χ3v) is 3.61. The summed E-state index contributed by atoms with van der Waals surface area (Å²) in [4.78, 5) is 23.0. The molecule has 1 rings (SSSR count). The maximum atomic E-state index is 11.7. The summed E-state index contributed by atoms with van der Waals surface area (Å²) in [6.45, 7) is 3.94. The van der Waals surface area contributed by atoms with E-state index in [0.717, 1.165) is 0 Å². The van der Waals surface area contributed by atoms with Crippen LogP contribution in [0.2, 0.25) is 0 Å². The summed E-state index contributed by atoms with van der Waals surface area (Å²) < 4.78 is 1.69.